The van der Waals surface area contributed by atoms with Gasteiger partial charge in [-0.2, -0.15) is 0 Å². The minimum atomic E-state index is -1.14. The van der Waals surface area contributed by atoms with E-state index in [4.69, 9.17) is 0 Å². The molecule has 0 aliphatic heterocycles. The average Bonchev–Trinajstić information content (AvgIpc) is 3.77. The molecule has 5 fully saturated rings. The second kappa shape index (κ2) is 13.2. The number of hydrogen-bond donors (Lipinski definition) is 5. The van der Waals surface area contributed by atoms with E-state index in [1.54, 1.807) is 28.4 Å². The van der Waals surface area contributed by atoms with Crippen molar-refractivity contribution in [2.24, 2.45) is 63.6 Å². The number of carbonyl (C=O) groups excluding carboxylic acids is 1. The fourth-order valence-electron chi connectivity index (χ4n) is 15.4. The number of nitrogens with zero attached hydrogens (tertiary/aromatic N) is 2. The Morgan fingerprint density at radius 1 is 1.00 bits per heavy atom. The Kier molecular flexibility index (Phi) is 9.18. The molecule has 0 amide bonds. The van der Waals surface area contributed by atoms with Crippen LogP contribution in [0.4, 0.5) is 0 Å². The number of ketones is 1. The quantitative estimate of drug-likeness (QED) is 0.201. The molecule has 8 nitrogen and oxygen atoms in total. The highest BCUT2D eigenvalue weighted by Gasteiger charge is 2.69. The van der Waals surface area contributed by atoms with Crippen LogP contribution in [0.25, 0.3) is 0 Å². The molecule has 0 radical (unpaired) electrons. The zero-order chi connectivity index (χ0) is 37.9. The maximum absolute atomic E-state index is 14.3. The SMILES string of the molecule is CNC[C@@H]1[C@@H](O)[C@@H](O)C[C@@]2(C)[C@@H]1C(=O)C=C1[C@@H]2CC[C@]2(C)[C@@H]([C@@H]3C[C@H]4CCCC5=C4[C@H](C(C(C)(C)CCn4ccnc4)=C4CCCC[C@@H]54)[C@H]3O)CC[C@@]12O. The van der Waals surface area contributed by atoms with Crippen LogP contribution in [0.2, 0.25) is 0 Å². The van der Waals surface area contributed by atoms with Crippen LogP contribution >= 0.6 is 0 Å². The third-order valence-corrected chi connectivity index (χ3v) is 17.8. The molecule has 5 saturated carbocycles. The van der Waals surface area contributed by atoms with Crippen molar-refractivity contribution in [1.82, 2.24) is 14.9 Å². The van der Waals surface area contributed by atoms with Gasteiger partial charge < -0.3 is 30.3 Å². The first kappa shape index (κ1) is 37.5. The third-order valence-electron chi connectivity index (χ3n) is 17.8. The smallest absolute Gasteiger partial charge is 0.159 e. The number of imidazole rings is 1. The molecule has 1 aromatic rings. The zero-order valence-electron chi connectivity index (χ0n) is 33.6. The largest absolute Gasteiger partial charge is 0.392 e. The van der Waals surface area contributed by atoms with E-state index in [2.05, 4.69) is 48.8 Å². The van der Waals surface area contributed by atoms with Crippen LogP contribution in [0, 0.1) is 63.6 Å². The Morgan fingerprint density at radius 2 is 1.80 bits per heavy atom. The highest BCUT2D eigenvalue weighted by molar-refractivity contribution is 5.95. The van der Waals surface area contributed by atoms with Crippen molar-refractivity contribution in [2.75, 3.05) is 13.6 Å². The van der Waals surface area contributed by atoms with Crippen LogP contribution in [0.1, 0.15) is 118 Å². The summed E-state index contributed by atoms with van der Waals surface area (Å²) < 4.78 is 2.20. The predicted octanol–water partition coefficient (Wildman–Crippen LogP) is 6.54. The van der Waals surface area contributed by atoms with Crippen LogP contribution in [0.15, 0.2) is 52.7 Å². The summed E-state index contributed by atoms with van der Waals surface area (Å²) in [6, 6.07) is 0. The van der Waals surface area contributed by atoms with Gasteiger partial charge in [0.1, 0.15) is 0 Å². The minimum Gasteiger partial charge on any atom is -0.392 e. The van der Waals surface area contributed by atoms with Gasteiger partial charge in [-0.3, -0.25) is 4.79 Å². The molecular formula is C46H67N3O5. The molecule has 54 heavy (non-hydrogen) atoms. The molecule has 14 atom stereocenters. The zero-order valence-corrected chi connectivity index (χ0v) is 33.6. The number of allylic oxidation sites excluding steroid dienone is 3. The van der Waals surface area contributed by atoms with Crippen LogP contribution in [-0.4, -0.2) is 73.3 Å². The number of aliphatic hydroxyl groups is 4. The molecule has 9 rings (SSSR count). The van der Waals surface area contributed by atoms with E-state index in [1.165, 1.54) is 38.5 Å². The van der Waals surface area contributed by atoms with Gasteiger partial charge >= 0.3 is 0 Å². The van der Waals surface area contributed by atoms with Gasteiger partial charge in [-0.05, 0) is 137 Å². The van der Waals surface area contributed by atoms with Crippen LogP contribution in [0.3, 0.4) is 0 Å². The Labute approximate surface area is 323 Å². The Bertz CT molecular complexity index is 1740. The number of rotatable bonds is 7. The Morgan fingerprint density at radius 3 is 2.56 bits per heavy atom. The van der Waals surface area contributed by atoms with E-state index in [-0.39, 0.29) is 40.8 Å². The van der Waals surface area contributed by atoms with Crippen molar-refractivity contribution >= 4 is 5.78 Å². The van der Waals surface area contributed by atoms with Crippen LogP contribution < -0.4 is 5.32 Å². The van der Waals surface area contributed by atoms with E-state index < -0.39 is 40.7 Å². The lowest BCUT2D eigenvalue weighted by Gasteiger charge is -2.62. The summed E-state index contributed by atoms with van der Waals surface area (Å²) in [5, 5.41) is 51.8. The predicted molar refractivity (Wildman–Crippen MR) is 209 cm³/mol. The number of fused-ring (bicyclic) bond motifs is 7. The highest BCUT2D eigenvalue weighted by Crippen LogP contribution is 2.71. The summed E-state index contributed by atoms with van der Waals surface area (Å²) in [5.41, 5.74) is 5.17. The monoisotopic (exact) mass is 742 g/mol. The molecule has 8 aliphatic carbocycles. The molecule has 1 aromatic heterocycles. The number of nitrogens with one attached hydrogen (secondary N) is 1. The molecule has 0 spiro atoms. The van der Waals surface area contributed by atoms with E-state index >= 15 is 0 Å². The summed E-state index contributed by atoms with van der Waals surface area (Å²) >= 11 is 0. The summed E-state index contributed by atoms with van der Waals surface area (Å²) in [4.78, 5) is 18.6. The molecule has 296 valence electrons. The summed E-state index contributed by atoms with van der Waals surface area (Å²) in [6.45, 7) is 10.7. The number of aryl methyl sites for hydroxylation is 1. The fourth-order valence-corrected chi connectivity index (χ4v) is 15.4. The second-order valence-electron chi connectivity index (χ2n) is 20.6. The maximum Gasteiger partial charge on any atom is 0.159 e. The maximum atomic E-state index is 14.3. The molecule has 5 N–H and O–H groups in total. The standard InChI is InChI=1S/C46H67N3O5/c1-43(2,17-19-49-20-18-48-25-49)40-29-11-7-6-10-27(29)28-12-8-9-26-21-30(42(53)38(40)37(26)28)32-14-16-46(54)34-22-35(50)39-31(24-47-5)41(52)36(51)23-44(39,3)33(34)13-15-45(32,46)4/h18,20,22,25-27,30-33,36,38-39,41-42,47,51-54H,6-17,19,21,23-24H2,1-5H3/t26-,27+,30+,31+,32-,33+,36+,38-,39+,41-,42+,44-,45-,46-/m1/s1. The molecule has 1 heterocycles. The summed E-state index contributed by atoms with van der Waals surface area (Å²) in [5.74, 6) is 0.507. The van der Waals surface area contributed by atoms with Gasteiger partial charge in [-0.15, -0.1) is 0 Å². The Balaban J connectivity index is 1.08. The molecule has 0 aromatic carbocycles. The topological polar surface area (TPSA) is 128 Å². The van der Waals surface area contributed by atoms with Crippen molar-refractivity contribution in [1.29, 1.82) is 0 Å². The lowest BCUT2D eigenvalue weighted by molar-refractivity contribution is -0.170. The first-order valence-corrected chi connectivity index (χ1v) is 21.8. The van der Waals surface area contributed by atoms with Crippen molar-refractivity contribution in [3.05, 3.63) is 52.7 Å². The summed E-state index contributed by atoms with van der Waals surface area (Å²) in [6.07, 6.45) is 19.3. The molecule has 0 saturated heterocycles. The molecular weight excluding hydrogens is 675 g/mol. The van der Waals surface area contributed by atoms with Crippen molar-refractivity contribution in [2.45, 2.75) is 148 Å². The van der Waals surface area contributed by atoms with Gasteiger partial charge in [-0.25, -0.2) is 4.98 Å². The van der Waals surface area contributed by atoms with Crippen molar-refractivity contribution < 1.29 is 25.2 Å². The van der Waals surface area contributed by atoms with Crippen molar-refractivity contribution in [3.63, 3.8) is 0 Å². The fraction of sp³-hybridized carbons (Fsp3) is 0.783. The average molecular weight is 742 g/mol. The van der Waals surface area contributed by atoms with E-state index in [1.807, 2.05) is 19.6 Å². The van der Waals surface area contributed by atoms with E-state index in [0.717, 1.165) is 50.6 Å². The third kappa shape index (κ3) is 5.24. The normalized spacial score (nSPS) is 46.0. The lowest BCUT2D eigenvalue weighted by atomic mass is 9.43. The number of carbonyl (C=O) groups is 1. The first-order valence-electron chi connectivity index (χ1n) is 21.8. The first-order chi connectivity index (χ1) is 25.7. The number of hydrogen-bond acceptors (Lipinski definition) is 7. The number of aliphatic hydroxyl groups excluding tert-OH is 3. The van der Waals surface area contributed by atoms with Crippen molar-refractivity contribution in [3.8, 4) is 0 Å². The van der Waals surface area contributed by atoms with Crippen LogP contribution in [0.5, 0.6) is 0 Å². The van der Waals surface area contributed by atoms with Gasteiger partial charge in [-0.1, -0.05) is 56.4 Å². The van der Waals surface area contributed by atoms with E-state index in [0.29, 0.717) is 31.2 Å². The number of aromatic nitrogens is 2. The lowest BCUT2D eigenvalue weighted by Crippen LogP contribution is -2.64. The molecule has 0 bridgehead atoms. The van der Waals surface area contributed by atoms with Gasteiger partial charge in [0.15, 0.2) is 5.78 Å². The molecule has 0 unspecified atom stereocenters. The second-order valence-corrected chi connectivity index (χ2v) is 20.6. The Hall–Kier alpha value is -2.10. The summed E-state index contributed by atoms with van der Waals surface area (Å²) in [7, 11) is 1.84. The molecule has 8 heteroatoms. The van der Waals surface area contributed by atoms with Gasteiger partial charge in [0.25, 0.3) is 0 Å². The molecule has 8 aliphatic rings. The van der Waals surface area contributed by atoms with Gasteiger partial charge in [0.05, 0.1) is 30.2 Å². The van der Waals surface area contributed by atoms with Crippen LogP contribution in [-0.2, 0) is 11.3 Å². The van der Waals surface area contributed by atoms with E-state index in [9.17, 15) is 25.2 Å². The van der Waals surface area contributed by atoms with Gasteiger partial charge in [0.2, 0.25) is 0 Å². The minimum absolute atomic E-state index is 0.00303. The van der Waals surface area contributed by atoms with Gasteiger partial charge in [0, 0.05) is 54.6 Å². The highest BCUT2D eigenvalue weighted by atomic mass is 16.3.